The molecule has 2 N–H and O–H groups in total. The van der Waals surface area contributed by atoms with E-state index in [2.05, 4.69) is 10.3 Å². The molecule has 0 saturated heterocycles. The van der Waals surface area contributed by atoms with Gasteiger partial charge in [0.1, 0.15) is 0 Å². The highest BCUT2D eigenvalue weighted by atomic mass is 16.5. The van der Waals surface area contributed by atoms with Crippen LogP contribution in [0.25, 0.3) is 0 Å². The summed E-state index contributed by atoms with van der Waals surface area (Å²) in [5, 5.41) is 3.05. The Bertz CT molecular complexity index is 637. The molecule has 1 aliphatic rings. The number of benzene rings is 1. The van der Waals surface area contributed by atoms with Crippen molar-refractivity contribution in [3.8, 4) is 11.5 Å². The highest BCUT2D eigenvalue weighted by Gasteiger charge is 2.21. The summed E-state index contributed by atoms with van der Waals surface area (Å²) >= 11 is 0. The number of carbonyl (C=O) groups excluding carboxylic acids is 1. The Morgan fingerprint density at radius 1 is 1.27 bits per heavy atom. The van der Waals surface area contributed by atoms with Crippen LogP contribution in [0.15, 0.2) is 36.5 Å². The lowest BCUT2D eigenvalue weighted by Crippen LogP contribution is -2.28. The molecule has 116 valence electrons. The zero-order chi connectivity index (χ0) is 15.4. The average Bonchev–Trinajstić information content (AvgIpc) is 2.96. The molecular weight excluding hydrogens is 280 g/mol. The Kier molecular flexibility index (Phi) is 4.32. The maximum absolute atomic E-state index is 12.6. The lowest BCUT2D eigenvalue weighted by molar-refractivity contribution is 0.0930. The van der Waals surface area contributed by atoms with Crippen molar-refractivity contribution in [1.29, 1.82) is 0 Å². The normalized spacial score (nSPS) is 15.0. The van der Waals surface area contributed by atoms with Crippen molar-refractivity contribution in [1.82, 2.24) is 10.3 Å². The average molecular weight is 300 g/mol. The van der Waals surface area contributed by atoms with Crippen LogP contribution in [0.4, 0.5) is 0 Å². The van der Waals surface area contributed by atoms with E-state index in [4.69, 9.17) is 9.47 Å². The van der Waals surface area contributed by atoms with E-state index in [0.717, 1.165) is 18.5 Å². The third-order valence-electron chi connectivity index (χ3n) is 3.73. The second-order valence-electron chi connectivity index (χ2n) is 5.24. The number of amides is 1. The second-order valence-corrected chi connectivity index (χ2v) is 5.24. The summed E-state index contributed by atoms with van der Waals surface area (Å²) in [6, 6.07) is 9.27. The molecule has 0 spiro atoms. The minimum atomic E-state index is -0.149. The van der Waals surface area contributed by atoms with E-state index in [1.165, 1.54) is 0 Å². The van der Waals surface area contributed by atoms with Gasteiger partial charge in [-0.2, -0.15) is 0 Å². The van der Waals surface area contributed by atoms with Gasteiger partial charge in [0.25, 0.3) is 5.91 Å². The smallest absolute Gasteiger partial charge is 0.255 e. The van der Waals surface area contributed by atoms with E-state index in [0.29, 0.717) is 30.3 Å². The maximum atomic E-state index is 12.6. The van der Waals surface area contributed by atoms with Crippen LogP contribution >= 0.6 is 0 Å². The number of carbonyl (C=O) groups is 1. The lowest BCUT2D eigenvalue weighted by Gasteiger charge is -2.18. The fourth-order valence-electron chi connectivity index (χ4n) is 2.57. The van der Waals surface area contributed by atoms with Gasteiger partial charge in [0, 0.05) is 18.3 Å². The first-order chi connectivity index (χ1) is 10.8. The third-order valence-corrected chi connectivity index (χ3v) is 3.73. The van der Waals surface area contributed by atoms with E-state index < -0.39 is 0 Å². The van der Waals surface area contributed by atoms with Gasteiger partial charge in [-0.3, -0.25) is 4.79 Å². The maximum Gasteiger partial charge on any atom is 0.255 e. The molecule has 0 fully saturated rings. The molecule has 1 unspecified atom stereocenters. The van der Waals surface area contributed by atoms with Gasteiger partial charge in [0.15, 0.2) is 11.5 Å². The predicted octanol–water partition coefficient (Wildman–Crippen LogP) is 3.06. The first kappa shape index (κ1) is 14.5. The van der Waals surface area contributed by atoms with Crippen molar-refractivity contribution in [2.75, 3.05) is 13.2 Å². The van der Waals surface area contributed by atoms with E-state index >= 15 is 0 Å². The van der Waals surface area contributed by atoms with E-state index in [9.17, 15) is 4.79 Å². The van der Waals surface area contributed by atoms with Gasteiger partial charge in [-0.05, 0) is 30.7 Å². The zero-order valence-corrected chi connectivity index (χ0v) is 12.6. The van der Waals surface area contributed by atoms with Gasteiger partial charge >= 0.3 is 0 Å². The Labute approximate surface area is 129 Å². The molecule has 1 amide bonds. The van der Waals surface area contributed by atoms with Gasteiger partial charge in [-0.15, -0.1) is 0 Å². The summed E-state index contributed by atoms with van der Waals surface area (Å²) in [5.41, 5.74) is 1.51. The van der Waals surface area contributed by atoms with Crippen molar-refractivity contribution in [3.05, 3.63) is 47.8 Å². The van der Waals surface area contributed by atoms with Gasteiger partial charge in [-0.25, -0.2) is 0 Å². The van der Waals surface area contributed by atoms with Crippen molar-refractivity contribution < 1.29 is 14.3 Å². The molecule has 1 aliphatic heterocycles. The van der Waals surface area contributed by atoms with Crippen molar-refractivity contribution in [3.63, 3.8) is 0 Å². The highest BCUT2D eigenvalue weighted by molar-refractivity contribution is 5.98. The van der Waals surface area contributed by atoms with Crippen LogP contribution in [0.3, 0.4) is 0 Å². The molecule has 0 saturated carbocycles. The molecule has 0 radical (unpaired) electrons. The van der Waals surface area contributed by atoms with Crippen molar-refractivity contribution >= 4 is 5.91 Å². The number of hydrogen-bond acceptors (Lipinski definition) is 3. The van der Waals surface area contributed by atoms with Gasteiger partial charge in [-0.1, -0.05) is 13.0 Å². The van der Waals surface area contributed by atoms with Crippen molar-refractivity contribution in [2.45, 2.75) is 25.8 Å². The van der Waals surface area contributed by atoms with Gasteiger partial charge < -0.3 is 19.8 Å². The minimum absolute atomic E-state index is 0.0509. The molecule has 0 aliphatic carbocycles. The summed E-state index contributed by atoms with van der Waals surface area (Å²) in [6.07, 6.45) is 3.48. The second kappa shape index (κ2) is 6.56. The van der Waals surface area contributed by atoms with Gasteiger partial charge in [0.05, 0.1) is 24.8 Å². The molecule has 1 atom stereocenters. The molecule has 5 heteroatoms. The summed E-state index contributed by atoms with van der Waals surface area (Å²) < 4.78 is 11.3. The summed E-state index contributed by atoms with van der Waals surface area (Å²) in [6.45, 7) is 3.21. The predicted molar refractivity (Wildman–Crippen MR) is 83.3 cm³/mol. The van der Waals surface area contributed by atoms with Crippen LogP contribution in [0.2, 0.25) is 0 Å². The molecule has 0 bridgehead atoms. The molecular formula is C17H20N2O3. The number of para-hydroxylation sites is 1. The number of ether oxygens (including phenoxy) is 2. The highest BCUT2D eigenvalue weighted by Crippen LogP contribution is 2.33. The molecule has 1 aromatic heterocycles. The number of nitrogens with one attached hydrogen (secondary N) is 2. The Morgan fingerprint density at radius 3 is 2.91 bits per heavy atom. The number of rotatable bonds is 4. The lowest BCUT2D eigenvalue weighted by atomic mass is 10.1. The first-order valence-corrected chi connectivity index (χ1v) is 7.62. The summed E-state index contributed by atoms with van der Waals surface area (Å²) in [4.78, 5) is 15.8. The number of H-pyrrole nitrogens is 1. The van der Waals surface area contributed by atoms with Crippen LogP contribution in [0, 0.1) is 0 Å². The Morgan fingerprint density at radius 2 is 2.14 bits per heavy atom. The van der Waals surface area contributed by atoms with Crippen LogP contribution in [-0.2, 0) is 0 Å². The fraction of sp³-hybridized carbons (Fsp3) is 0.353. The number of aromatic amines is 1. The molecule has 22 heavy (non-hydrogen) atoms. The molecule has 3 rings (SSSR count). The summed E-state index contributed by atoms with van der Waals surface area (Å²) in [7, 11) is 0. The largest absolute Gasteiger partial charge is 0.490 e. The number of aromatic nitrogens is 1. The van der Waals surface area contributed by atoms with Crippen LogP contribution in [-0.4, -0.2) is 24.1 Å². The fourth-order valence-corrected chi connectivity index (χ4v) is 2.57. The van der Waals surface area contributed by atoms with Crippen molar-refractivity contribution in [2.24, 2.45) is 0 Å². The first-order valence-electron chi connectivity index (χ1n) is 7.62. The third kappa shape index (κ3) is 2.93. The van der Waals surface area contributed by atoms with Gasteiger partial charge in [0.2, 0.25) is 0 Å². The minimum Gasteiger partial charge on any atom is -0.490 e. The van der Waals surface area contributed by atoms with E-state index in [-0.39, 0.29) is 11.9 Å². The zero-order valence-electron chi connectivity index (χ0n) is 12.6. The summed E-state index contributed by atoms with van der Waals surface area (Å²) in [5.74, 6) is 1.03. The standard InChI is InChI=1S/C17H20N2O3/c1-2-13(14-7-4-9-18-14)19-17(20)12-6-3-8-15-16(12)22-11-5-10-21-15/h3-4,6-9,13,18H,2,5,10-11H2,1H3,(H,19,20). The Balaban J connectivity index is 1.83. The molecule has 1 aromatic carbocycles. The number of fused-ring (bicyclic) bond motifs is 1. The SMILES string of the molecule is CCC(NC(=O)c1cccc2c1OCCCO2)c1ccc[nH]1. The van der Waals surface area contributed by atoms with Crippen LogP contribution < -0.4 is 14.8 Å². The topological polar surface area (TPSA) is 63.4 Å². The molecule has 2 heterocycles. The molecule has 5 nitrogen and oxygen atoms in total. The quantitative estimate of drug-likeness (QED) is 0.912. The monoisotopic (exact) mass is 300 g/mol. The van der Waals surface area contributed by atoms with Crippen LogP contribution in [0.5, 0.6) is 11.5 Å². The van der Waals surface area contributed by atoms with E-state index in [1.807, 2.05) is 37.4 Å². The molecule has 2 aromatic rings. The Hall–Kier alpha value is -2.43. The van der Waals surface area contributed by atoms with E-state index in [1.54, 1.807) is 6.07 Å². The van der Waals surface area contributed by atoms with Crippen LogP contribution in [0.1, 0.15) is 41.9 Å². The number of hydrogen-bond donors (Lipinski definition) is 2.